The van der Waals surface area contributed by atoms with Crippen molar-refractivity contribution in [1.82, 2.24) is 5.32 Å². The number of benzene rings is 1. The molecule has 2 nitrogen and oxygen atoms in total. The molecule has 94 valence electrons. The average molecular weight is 254 g/mol. The molecule has 1 N–H and O–H groups in total. The molecule has 0 bridgehead atoms. The Morgan fingerprint density at radius 3 is 2.88 bits per heavy atom. The molecule has 1 aliphatic carbocycles. The molecule has 0 radical (unpaired) electrons. The van der Waals surface area contributed by atoms with Crippen LogP contribution in [0.1, 0.15) is 37.7 Å². The Labute approximate surface area is 108 Å². The third kappa shape index (κ3) is 3.62. The van der Waals surface area contributed by atoms with Gasteiger partial charge in [-0.3, -0.25) is 0 Å². The van der Waals surface area contributed by atoms with Crippen molar-refractivity contribution >= 4 is 11.6 Å². The molecule has 17 heavy (non-hydrogen) atoms. The van der Waals surface area contributed by atoms with Crippen molar-refractivity contribution in [3.05, 3.63) is 28.8 Å². The van der Waals surface area contributed by atoms with Crippen LogP contribution < -0.4 is 10.1 Å². The van der Waals surface area contributed by atoms with E-state index in [0.717, 1.165) is 29.8 Å². The summed E-state index contributed by atoms with van der Waals surface area (Å²) in [6.45, 7) is 3.30. The highest BCUT2D eigenvalue weighted by Crippen LogP contribution is 2.31. The quantitative estimate of drug-likeness (QED) is 0.837. The van der Waals surface area contributed by atoms with Gasteiger partial charge in [-0.25, -0.2) is 0 Å². The Morgan fingerprint density at radius 1 is 1.47 bits per heavy atom. The number of nitrogens with one attached hydrogen (secondary N) is 1. The van der Waals surface area contributed by atoms with Gasteiger partial charge in [-0.05, 0) is 55.5 Å². The molecule has 0 amide bonds. The van der Waals surface area contributed by atoms with Crippen molar-refractivity contribution in [3.63, 3.8) is 0 Å². The van der Waals surface area contributed by atoms with E-state index in [1.807, 2.05) is 18.2 Å². The van der Waals surface area contributed by atoms with E-state index in [2.05, 4.69) is 12.2 Å². The molecule has 1 atom stereocenters. The van der Waals surface area contributed by atoms with Gasteiger partial charge in [0.25, 0.3) is 0 Å². The monoisotopic (exact) mass is 253 g/mol. The minimum atomic E-state index is 0.467. The Kier molecular flexibility index (Phi) is 4.30. The van der Waals surface area contributed by atoms with Crippen LogP contribution in [0.2, 0.25) is 5.02 Å². The van der Waals surface area contributed by atoms with Gasteiger partial charge >= 0.3 is 0 Å². The minimum absolute atomic E-state index is 0.467. The van der Waals surface area contributed by atoms with E-state index < -0.39 is 0 Å². The van der Waals surface area contributed by atoms with Crippen LogP contribution in [-0.4, -0.2) is 19.7 Å². The fraction of sp³-hybridized carbons (Fsp3) is 0.571. The Bertz CT molecular complexity index is 376. The van der Waals surface area contributed by atoms with Crippen LogP contribution in [0, 0.1) is 0 Å². The molecule has 3 heteroatoms. The van der Waals surface area contributed by atoms with Crippen LogP contribution in [0.4, 0.5) is 0 Å². The molecule has 0 aromatic heterocycles. The standard InChI is InChI=1S/C14H20ClNO/c1-10(7-8-16-12-4-5-12)13-9-11(15)3-6-14(13)17-2/h3,6,9-10,12,16H,4-5,7-8H2,1-2H3. The van der Waals surface area contributed by atoms with E-state index in [0.29, 0.717) is 5.92 Å². The van der Waals surface area contributed by atoms with Crippen LogP contribution in [0.3, 0.4) is 0 Å². The highest BCUT2D eigenvalue weighted by molar-refractivity contribution is 6.30. The van der Waals surface area contributed by atoms with E-state index in [1.165, 1.54) is 18.4 Å². The molecule has 0 spiro atoms. The van der Waals surface area contributed by atoms with Gasteiger partial charge in [0.05, 0.1) is 7.11 Å². The second-order valence-corrected chi connectivity index (χ2v) is 5.24. The van der Waals surface area contributed by atoms with Crippen molar-refractivity contribution < 1.29 is 4.74 Å². The lowest BCUT2D eigenvalue weighted by atomic mass is 9.97. The van der Waals surface area contributed by atoms with Crippen molar-refractivity contribution in [3.8, 4) is 5.75 Å². The first-order valence-corrected chi connectivity index (χ1v) is 6.65. The summed E-state index contributed by atoms with van der Waals surface area (Å²) < 4.78 is 5.38. The summed E-state index contributed by atoms with van der Waals surface area (Å²) in [5.74, 6) is 1.41. The smallest absolute Gasteiger partial charge is 0.122 e. The molecule has 0 heterocycles. The van der Waals surface area contributed by atoms with Crippen molar-refractivity contribution in [1.29, 1.82) is 0 Å². The predicted octanol–water partition coefficient (Wildman–Crippen LogP) is 3.59. The number of hydrogen-bond acceptors (Lipinski definition) is 2. The zero-order valence-electron chi connectivity index (χ0n) is 10.5. The highest BCUT2D eigenvalue weighted by Gasteiger charge is 2.20. The molecular weight excluding hydrogens is 234 g/mol. The van der Waals surface area contributed by atoms with Gasteiger partial charge in [0.1, 0.15) is 5.75 Å². The van der Waals surface area contributed by atoms with Crippen LogP contribution in [-0.2, 0) is 0 Å². The third-order valence-electron chi connectivity index (χ3n) is 3.31. The summed E-state index contributed by atoms with van der Waals surface area (Å²) >= 11 is 6.04. The summed E-state index contributed by atoms with van der Waals surface area (Å²) in [4.78, 5) is 0. The zero-order valence-corrected chi connectivity index (χ0v) is 11.3. The summed E-state index contributed by atoms with van der Waals surface area (Å²) in [5, 5.41) is 4.32. The van der Waals surface area contributed by atoms with Crippen molar-refractivity contribution in [2.75, 3.05) is 13.7 Å². The number of ether oxygens (including phenoxy) is 1. The summed E-state index contributed by atoms with van der Waals surface area (Å²) in [6, 6.07) is 6.62. The van der Waals surface area contributed by atoms with Crippen LogP contribution in [0.15, 0.2) is 18.2 Å². The maximum absolute atomic E-state index is 6.04. The fourth-order valence-corrected chi connectivity index (χ4v) is 2.22. The van der Waals surface area contributed by atoms with Crippen LogP contribution in [0.5, 0.6) is 5.75 Å². The molecule has 2 rings (SSSR count). The zero-order chi connectivity index (χ0) is 12.3. The summed E-state index contributed by atoms with van der Waals surface area (Å²) in [5.41, 5.74) is 1.21. The van der Waals surface area contributed by atoms with Crippen LogP contribution in [0.25, 0.3) is 0 Å². The van der Waals surface area contributed by atoms with Crippen LogP contribution >= 0.6 is 11.6 Å². The first-order valence-electron chi connectivity index (χ1n) is 6.27. The SMILES string of the molecule is COc1ccc(Cl)cc1C(C)CCNC1CC1. The molecule has 1 saturated carbocycles. The van der Waals surface area contributed by atoms with Gasteiger partial charge in [0, 0.05) is 11.1 Å². The Hall–Kier alpha value is -0.730. The summed E-state index contributed by atoms with van der Waals surface area (Å²) in [6.07, 6.45) is 3.80. The number of halogens is 1. The minimum Gasteiger partial charge on any atom is -0.496 e. The molecule has 1 aliphatic rings. The maximum Gasteiger partial charge on any atom is 0.122 e. The van der Waals surface area contributed by atoms with Crippen molar-refractivity contribution in [2.45, 2.75) is 38.1 Å². The number of rotatable bonds is 6. The number of hydrogen-bond donors (Lipinski definition) is 1. The first-order chi connectivity index (χ1) is 8.20. The third-order valence-corrected chi connectivity index (χ3v) is 3.55. The molecule has 1 fully saturated rings. The van der Waals surface area contributed by atoms with E-state index >= 15 is 0 Å². The lowest BCUT2D eigenvalue weighted by Gasteiger charge is -2.16. The van der Waals surface area contributed by atoms with Gasteiger partial charge < -0.3 is 10.1 Å². The van der Waals surface area contributed by atoms with Crippen molar-refractivity contribution in [2.24, 2.45) is 0 Å². The largest absolute Gasteiger partial charge is 0.496 e. The molecular formula is C14H20ClNO. The van der Waals surface area contributed by atoms with Gasteiger partial charge in [0.15, 0.2) is 0 Å². The predicted molar refractivity (Wildman–Crippen MR) is 72.1 cm³/mol. The first kappa shape index (κ1) is 12.7. The Morgan fingerprint density at radius 2 is 2.24 bits per heavy atom. The van der Waals surface area contributed by atoms with Gasteiger partial charge in [-0.1, -0.05) is 18.5 Å². The number of methoxy groups -OCH3 is 1. The topological polar surface area (TPSA) is 21.3 Å². The van der Waals surface area contributed by atoms with Gasteiger partial charge in [-0.2, -0.15) is 0 Å². The van der Waals surface area contributed by atoms with E-state index in [1.54, 1.807) is 7.11 Å². The fourth-order valence-electron chi connectivity index (χ4n) is 2.04. The normalized spacial score (nSPS) is 16.9. The second kappa shape index (κ2) is 5.74. The van der Waals surface area contributed by atoms with E-state index in [9.17, 15) is 0 Å². The highest BCUT2D eigenvalue weighted by atomic mass is 35.5. The van der Waals surface area contributed by atoms with E-state index in [-0.39, 0.29) is 0 Å². The Balaban J connectivity index is 1.95. The van der Waals surface area contributed by atoms with E-state index in [4.69, 9.17) is 16.3 Å². The van der Waals surface area contributed by atoms with Gasteiger partial charge in [0.2, 0.25) is 0 Å². The maximum atomic E-state index is 6.04. The van der Waals surface area contributed by atoms with Gasteiger partial charge in [-0.15, -0.1) is 0 Å². The lowest BCUT2D eigenvalue weighted by molar-refractivity contribution is 0.404. The summed E-state index contributed by atoms with van der Waals surface area (Å²) in [7, 11) is 1.71. The molecule has 1 unspecified atom stereocenters. The molecule has 1 aromatic carbocycles. The molecule has 1 aromatic rings. The molecule has 0 aliphatic heterocycles. The molecule has 0 saturated heterocycles. The average Bonchev–Trinajstić information content (AvgIpc) is 3.13. The lowest BCUT2D eigenvalue weighted by Crippen LogP contribution is -2.19. The second-order valence-electron chi connectivity index (χ2n) is 4.80.